The molecule has 0 unspecified atom stereocenters. The average Bonchev–Trinajstić information content (AvgIpc) is 2.57. The topological polar surface area (TPSA) is 95.1 Å². The first-order valence-corrected chi connectivity index (χ1v) is 8.42. The molecule has 3 aromatic rings. The largest absolute Gasteiger partial charge is 0.508 e. The highest BCUT2D eigenvalue weighted by molar-refractivity contribution is 7.99. The van der Waals surface area contributed by atoms with Crippen molar-refractivity contribution in [1.82, 2.24) is 9.97 Å². The lowest BCUT2D eigenvalue weighted by Gasteiger charge is -2.05. The molecule has 0 bridgehead atoms. The van der Waals surface area contributed by atoms with Crippen molar-refractivity contribution in [2.24, 2.45) is 0 Å². The number of para-hydroxylation sites is 1. The van der Waals surface area contributed by atoms with Crippen LogP contribution in [0.4, 0.5) is 5.69 Å². The normalized spacial score (nSPS) is 10.7. The Labute approximate surface area is 141 Å². The van der Waals surface area contributed by atoms with E-state index in [1.54, 1.807) is 30.3 Å². The number of thioether (sulfide) groups is 1. The fourth-order valence-electron chi connectivity index (χ4n) is 2.19. The molecule has 122 valence electrons. The third-order valence-corrected chi connectivity index (χ3v) is 4.23. The molecule has 0 atom stereocenters. The van der Waals surface area contributed by atoms with E-state index in [-0.39, 0.29) is 23.0 Å². The van der Waals surface area contributed by atoms with Crippen LogP contribution in [0.2, 0.25) is 0 Å². The summed E-state index contributed by atoms with van der Waals surface area (Å²) in [7, 11) is 0. The van der Waals surface area contributed by atoms with E-state index in [1.807, 2.05) is 6.07 Å². The highest BCUT2D eigenvalue weighted by Gasteiger charge is 2.06. The molecule has 1 amide bonds. The SMILES string of the molecule is O=C(CSCc1nc2ccccc2c(=O)[nH]1)Nc1ccc(O)cc1. The van der Waals surface area contributed by atoms with E-state index in [4.69, 9.17) is 0 Å². The molecular weight excluding hydrogens is 326 g/mol. The van der Waals surface area contributed by atoms with Gasteiger partial charge in [0.25, 0.3) is 5.56 Å². The average molecular weight is 341 g/mol. The Morgan fingerprint density at radius 1 is 1.17 bits per heavy atom. The summed E-state index contributed by atoms with van der Waals surface area (Å²) < 4.78 is 0. The van der Waals surface area contributed by atoms with Gasteiger partial charge < -0.3 is 15.4 Å². The molecule has 1 aromatic heterocycles. The second-order valence-corrected chi connectivity index (χ2v) is 6.10. The Kier molecular flexibility index (Phi) is 4.81. The Morgan fingerprint density at radius 3 is 2.71 bits per heavy atom. The number of amides is 1. The summed E-state index contributed by atoms with van der Waals surface area (Å²) in [6, 6.07) is 13.4. The van der Waals surface area contributed by atoms with Gasteiger partial charge in [-0.25, -0.2) is 4.98 Å². The van der Waals surface area contributed by atoms with Gasteiger partial charge in [-0.1, -0.05) is 12.1 Å². The van der Waals surface area contributed by atoms with Crippen molar-refractivity contribution >= 4 is 34.3 Å². The number of nitrogens with one attached hydrogen (secondary N) is 2. The smallest absolute Gasteiger partial charge is 0.258 e. The number of H-pyrrole nitrogens is 1. The van der Waals surface area contributed by atoms with Crippen molar-refractivity contribution in [3.63, 3.8) is 0 Å². The van der Waals surface area contributed by atoms with E-state index >= 15 is 0 Å². The van der Waals surface area contributed by atoms with Crippen LogP contribution in [-0.4, -0.2) is 26.7 Å². The van der Waals surface area contributed by atoms with E-state index in [0.717, 1.165) is 0 Å². The van der Waals surface area contributed by atoms with Crippen LogP contribution >= 0.6 is 11.8 Å². The minimum absolute atomic E-state index is 0.147. The summed E-state index contributed by atoms with van der Waals surface area (Å²) in [5.41, 5.74) is 1.09. The molecule has 3 rings (SSSR count). The van der Waals surface area contributed by atoms with Crippen LogP contribution < -0.4 is 10.9 Å². The number of nitrogens with zero attached hydrogens (tertiary/aromatic N) is 1. The number of hydrogen-bond acceptors (Lipinski definition) is 5. The van der Waals surface area contributed by atoms with Crippen molar-refractivity contribution in [1.29, 1.82) is 0 Å². The number of aromatic hydroxyl groups is 1. The van der Waals surface area contributed by atoms with Crippen LogP contribution in [0.25, 0.3) is 10.9 Å². The number of rotatable bonds is 5. The first-order chi connectivity index (χ1) is 11.6. The third-order valence-electron chi connectivity index (χ3n) is 3.28. The second-order valence-electron chi connectivity index (χ2n) is 5.12. The van der Waals surface area contributed by atoms with Crippen molar-refractivity contribution in [3.8, 4) is 5.75 Å². The molecule has 7 heteroatoms. The molecule has 0 aliphatic carbocycles. The molecule has 0 saturated carbocycles. The van der Waals surface area contributed by atoms with Crippen LogP contribution in [0.1, 0.15) is 5.82 Å². The predicted molar refractivity (Wildman–Crippen MR) is 95.3 cm³/mol. The third kappa shape index (κ3) is 3.94. The van der Waals surface area contributed by atoms with Crippen LogP contribution in [0.5, 0.6) is 5.75 Å². The molecule has 0 aliphatic heterocycles. The Bertz CT molecular complexity index is 922. The van der Waals surface area contributed by atoms with Gasteiger partial charge in [0.2, 0.25) is 5.91 Å². The highest BCUT2D eigenvalue weighted by atomic mass is 32.2. The van der Waals surface area contributed by atoms with Gasteiger partial charge in [0.1, 0.15) is 11.6 Å². The zero-order chi connectivity index (χ0) is 16.9. The number of hydrogen-bond donors (Lipinski definition) is 3. The van der Waals surface area contributed by atoms with Crippen molar-refractivity contribution in [2.45, 2.75) is 5.75 Å². The number of anilines is 1. The summed E-state index contributed by atoms with van der Waals surface area (Å²) in [6.45, 7) is 0. The zero-order valence-corrected chi connectivity index (χ0v) is 13.5. The standard InChI is InChI=1S/C17H15N3O3S/c21-12-7-5-11(6-8-12)18-16(22)10-24-9-15-19-14-4-2-1-3-13(14)17(23)20-15/h1-8,21H,9-10H2,(H,18,22)(H,19,20,23). The van der Waals surface area contributed by atoms with Gasteiger partial charge >= 0.3 is 0 Å². The van der Waals surface area contributed by atoms with Crippen molar-refractivity contribution in [2.75, 3.05) is 11.1 Å². The molecular formula is C17H15N3O3S. The second kappa shape index (κ2) is 7.18. The van der Waals surface area contributed by atoms with Crippen LogP contribution in [-0.2, 0) is 10.5 Å². The highest BCUT2D eigenvalue weighted by Crippen LogP contribution is 2.15. The fraction of sp³-hybridized carbons (Fsp3) is 0.118. The van der Waals surface area contributed by atoms with Crippen molar-refractivity contribution < 1.29 is 9.90 Å². The summed E-state index contributed by atoms with van der Waals surface area (Å²) in [5.74, 6) is 1.20. The summed E-state index contributed by atoms with van der Waals surface area (Å²) in [5, 5.41) is 12.5. The van der Waals surface area contributed by atoms with E-state index < -0.39 is 0 Å². The lowest BCUT2D eigenvalue weighted by atomic mass is 10.2. The van der Waals surface area contributed by atoms with Crippen LogP contribution in [0, 0.1) is 0 Å². The minimum atomic E-state index is -0.176. The number of aromatic nitrogens is 2. The molecule has 0 radical (unpaired) electrons. The number of phenols is 1. The number of phenolic OH excluding ortho intramolecular Hbond substituents is 1. The number of carbonyl (C=O) groups excluding carboxylic acids is 1. The van der Waals surface area contributed by atoms with Gasteiger partial charge in [-0.3, -0.25) is 9.59 Å². The summed E-state index contributed by atoms with van der Waals surface area (Å²) >= 11 is 1.36. The van der Waals surface area contributed by atoms with E-state index in [2.05, 4.69) is 15.3 Å². The molecule has 0 saturated heterocycles. The number of benzene rings is 2. The van der Waals surface area contributed by atoms with Crippen LogP contribution in [0.15, 0.2) is 53.3 Å². The van der Waals surface area contributed by atoms with Gasteiger partial charge in [0.05, 0.1) is 22.4 Å². The minimum Gasteiger partial charge on any atom is -0.508 e. The van der Waals surface area contributed by atoms with Gasteiger partial charge in [0.15, 0.2) is 0 Å². The Balaban J connectivity index is 1.57. The van der Waals surface area contributed by atoms with Gasteiger partial charge in [-0.15, -0.1) is 11.8 Å². The van der Waals surface area contributed by atoms with Gasteiger partial charge in [-0.05, 0) is 36.4 Å². The molecule has 0 spiro atoms. The summed E-state index contributed by atoms with van der Waals surface area (Å²) in [4.78, 5) is 31.0. The quantitative estimate of drug-likeness (QED) is 0.620. The maximum Gasteiger partial charge on any atom is 0.258 e. The fourth-order valence-corrected chi connectivity index (χ4v) is 2.88. The molecule has 0 aliphatic rings. The Morgan fingerprint density at radius 2 is 1.92 bits per heavy atom. The first-order valence-electron chi connectivity index (χ1n) is 7.26. The van der Waals surface area contributed by atoms with E-state index in [1.165, 1.54) is 23.9 Å². The maximum absolute atomic E-state index is 12.0. The van der Waals surface area contributed by atoms with E-state index in [9.17, 15) is 14.7 Å². The predicted octanol–water partition coefficient (Wildman–Crippen LogP) is 2.50. The summed E-state index contributed by atoms with van der Waals surface area (Å²) in [6.07, 6.45) is 0. The maximum atomic E-state index is 12.0. The molecule has 2 aromatic carbocycles. The molecule has 6 nitrogen and oxygen atoms in total. The number of aromatic amines is 1. The van der Waals surface area contributed by atoms with E-state index in [0.29, 0.717) is 28.2 Å². The lowest BCUT2D eigenvalue weighted by molar-refractivity contribution is -0.113. The molecule has 1 heterocycles. The molecule has 3 N–H and O–H groups in total. The van der Waals surface area contributed by atoms with Gasteiger partial charge in [-0.2, -0.15) is 0 Å². The lowest BCUT2D eigenvalue weighted by Crippen LogP contribution is -2.15. The molecule has 0 fully saturated rings. The van der Waals surface area contributed by atoms with Gasteiger partial charge in [0, 0.05) is 5.69 Å². The Hall–Kier alpha value is -2.80. The zero-order valence-electron chi connectivity index (χ0n) is 12.7. The number of carbonyl (C=O) groups is 1. The molecule has 24 heavy (non-hydrogen) atoms. The van der Waals surface area contributed by atoms with Crippen molar-refractivity contribution in [3.05, 3.63) is 64.7 Å². The number of fused-ring (bicyclic) bond motifs is 1. The first kappa shape index (κ1) is 16.1. The monoisotopic (exact) mass is 341 g/mol. The van der Waals surface area contributed by atoms with Crippen LogP contribution in [0.3, 0.4) is 0 Å².